The quantitative estimate of drug-likeness (QED) is 0.529. The minimum Gasteiger partial charge on any atom is -0.497 e. The molecule has 23 heavy (non-hydrogen) atoms. The monoisotopic (exact) mass is 365 g/mol. The van der Waals surface area contributed by atoms with E-state index in [-0.39, 0.29) is 0 Å². The molecule has 7 nitrogen and oxygen atoms in total. The Bertz CT molecular complexity index is 547. The summed E-state index contributed by atoms with van der Waals surface area (Å²) in [5.41, 5.74) is 0.588. The Labute approximate surface area is 140 Å². The van der Waals surface area contributed by atoms with Crippen LogP contribution in [0.2, 0.25) is 0 Å². The number of hydroxylamine groups is 1. The predicted octanol–water partition coefficient (Wildman–Crippen LogP) is 3.50. The first kappa shape index (κ1) is 19.8. The molecule has 1 N–H and O–H groups in total. The molecule has 0 aromatic heterocycles. The first-order valence-corrected chi connectivity index (χ1v) is 9.62. The largest absolute Gasteiger partial charge is 0.497 e. The van der Waals surface area contributed by atoms with E-state index >= 15 is 0 Å². The second-order valence-electron chi connectivity index (χ2n) is 4.61. The van der Waals surface area contributed by atoms with E-state index in [9.17, 15) is 9.36 Å². The number of ether oxygens (including phenoxy) is 1. The van der Waals surface area contributed by atoms with Gasteiger partial charge in [0.25, 0.3) is 0 Å². The van der Waals surface area contributed by atoms with Gasteiger partial charge < -0.3 is 14.2 Å². The van der Waals surface area contributed by atoms with Crippen LogP contribution >= 0.6 is 18.2 Å². The molecule has 0 bridgehead atoms. The van der Waals surface area contributed by atoms with Crippen LogP contribution in [0.15, 0.2) is 24.3 Å². The van der Waals surface area contributed by atoms with Crippen LogP contribution in [0.1, 0.15) is 26.7 Å². The zero-order valence-electron chi connectivity index (χ0n) is 13.3. The molecule has 1 aromatic rings. The molecule has 1 rings (SSSR count). The molecule has 0 heterocycles. The van der Waals surface area contributed by atoms with Gasteiger partial charge in [-0.25, -0.2) is 14.4 Å². The fraction of sp³-hybridized carbons (Fsp3) is 0.500. The smallest absolute Gasteiger partial charge is 0.476 e. The molecule has 2 atom stereocenters. The van der Waals surface area contributed by atoms with Crippen molar-refractivity contribution >= 4 is 29.8 Å². The van der Waals surface area contributed by atoms with Gasteiger partial charge in [-0.2, -0.15) is 0 Å². The zero-order valence-corrected chi connectivity index (χ0v) is 14.9. The van der Waals surface area contributed by atoms with E-state index in [1.807, 2.05) is 6.92 Å². The van der Waals surface area contributed by atoms with Crippen molar-refractivity contribution in [2.45, 2.75) is 32.7 Å². The van der Waals surface area contributed by atoms with Crippen LogP contribution in [0.4, 0.5) is 5.69 Å². The van der Waals surface area contributed by atoms with Crippen molar-refractivity contribution in [1.82, 2.24) is 0 Å². The number of rotatable bonds is 9. The highest BCUT2D eigenvalue weighted by atomic mass is 35.7. The summed E-state index contributed by atoms with van der Waals surface area (Å²) in [6, 6.07) is 5.96. The van der Waals surface area contributed by atoms with Gasteiger partial charge >= 0.3 is 12.9 Å². The molecule has 130 valence electrons. The first-order valence-electron chi connectivity index (χ1n) is 7.14. The maximum atomic E-state index is 12.2. The number of methoxy groups -OCH3 is 1. The van der Waals surface area contributed by atoms with E-state index in [2.05, 4.69) is 4.52 Å². The lowest BCUT2D eigenvalue weighted by Crippen LogP contribution is -2.42. The molecule has 1 aromatic carbocycles. The number of carbonyl (C=O) groups excluding carboxylic acids is 1. The number of anilines is 1. The highest BCUT2D eigenvalue weighted by Crippen LogP contribution is 2.48. The van der Waals surface area contributed by atoms with Gasteiger partial charge in [0, 0.05) is 11.2 Å². The van der Waals surface area contributed by atoms with Gasteiger partial charge in [-0.3, -0.25) is 4.84 Å². The van der Waals surface area contributed by atoms with Gasteiger partial charge in [-0.1, -0.05) is 13.3 Å². The van der Waals surface area contributed by atoms with E-state index < -0.39 is 19.0 Å². The number of hydrogen-bond donors (Lipinski definition) is 1. The Morgan fingerprint density at radius 1 is 1.35 bits per heavy atom. The summed E-state index contributed by atoms with van der Waals surface area (Å²) < 4.78 is 20.7. The summed E-state index contributed by atoms with van der Waals surface area (Å²) in [6.07, 6.45) is 0.999. The Hall–Kier alpha value is -1.27. The van der Waals surface area contributed by atoms with Gasteiger partial charge in [-0.05, 0) is 37.6 Å². The molecule has 0 aliphatic rings. The molecule has 0 radical (unpaired) electrons. The summed E-state index contributed by atoms with van der Waals surface area (Å²) in [5.74, 6) is -0.266. The molecule has 0 saturated carbocycles. The summed E-state index contributed by atoms with van der Waals surface area (Å²) in [6.45, 7) is -0.499. The number of benzene rings is 1. The molecule has 0 aliphatic heterocycles. The van der Waals surface area contributed by atoms with Crippen molar-refractivity contribution in [1.29, 1.82) is 0 Å². The maximum Gasteiger partial charge on any atom is 0.476 e. The molecule has 0 spiro atoms. The van der Waals surface area contributed by atoms with E-state index in [1.165, 1.54) is 5.06 Å². The molecular formula is C14H21ClNO6P. The number of halogens is 1. The van der Waals surface area contributed by atoms with Crippen LogP contribution < -0.4 is 9.80 Å². The molecule has 0 amide bonds. The van der Waals surface area contributed by atoms with Crippen molar-refractivity contribution in [2.24, 2.45) is 0 Å². The van der Waals surface area contributed by atoms with Gasteiger partial charge in [-0.15, -0.1) is 0 Å². The van der Waals surface area contributed by atoms with Crippen LogP contribution in [-0.4, -0.2) is 30.6 Å². The molecule has 0 aliphatic carbocycles. The minimum absolute atomic E-state index is 0.303. The van der Waals surface area contributed by atoms with Crippen molar-refractivity contribution < 1.29 is 28.4 Å². The van der Waals surface area contributed by atoms with E-state index in [0.717, 1.165) is 0 Å². The molecule has 0 fully saturated rings. The molecule has 1 unspecified atom stereocenters. The zero-order chi connectivity index (χ0) is 17.5. The van der Waals surface area contributed by atoms with Crippen molar-refractivity contribution in [3.63, 3.8) is 0 Å². The minimum atomic E-state index is -4.44. The van der Waals surface area contributed by atoms with Crippen LogP contribution in [-0.2, 0) is 18.7 Å². The second kappa shape index (κ2) is 9.13. The summed E-state index contributed by atoms with van der Waals surface area (Å²) in [7, 11) is 1.55. The average molecular weight is 366 g/mol. The van der Waals surface area contributed by atoms with Crippen molar-refractivity contribution in [3.8, 4) is 5.75 Å². The third-order valence-corrected chi connectivity index (χ3v) is 3.53. The SMILES string of the molecule is CCC[C@@H](C(=O)OP(=O)(O)Cl)N(OCC)c1ccc(OC)cc1. The van der Waals surface area contributed by atoms with E-state index in [4.69, 9.17) is 25.7 Å². The molecule has 0 saturated heterocycles. The Kier molecular flexibility index (Phi) is 7.85. The number of carbonyl (C=O) groups is 1. The van der Waals surface area contributed by atoms with Crippen LogP contribution in [0, 0.1) is 0 Å². The van der Waals surface area contributed by atoms with Crippen LogP contribution in [0.5, 0.6) is 5.75 Å². The number of nitrogens with zero attached hydrogens (tertiary/aromatic N) is 1. The fourth-order valence-corrected chi connectivity index (χ4v) is 2.54. The highest BCUT2D eigenvalue weighted by molar-refractivity contribution is 7.80. The summed E-state index contributed by atoms with van der Waals surface area (Å²) >= 11 is 5.13. The second-order valence-corrected chi connectivity index (χ2v) is 6.97. The Balaban J connectivity index is 3.08. The first-order chi connectivity index (χ1) is 10.8. The third kappa shape index (κ3) is 6.39. The van der Waals surface area contributed by atoms with E-state index in [1.54, 1.807) is 38.3 Å². The van der Waals surface area contributed by atoms with Gasteiger partial charge in [0.05, 0.1) is 19.4 Å². The lowest BCUT2D eigenvalue weighted by Gasteiger charge is -2.30. The third-order valence-electron chi connectivity index (χ3n) is 2.91. The molecule has 9 heteroatoms. The average Bonchev–Trinajstić information content (AvgIpc) is 2.49. The maximum absolute atomic E-state index is 12.2. The standard InChI is InChI=1S/C14H21ClNO6P/c1-4-6-13(14(17)22-23(15,18)19)16(21-5-2)11-7-9-12(20-3)10-8-11/h7-10,13H,4-6H2,1-3H3,(H,18,19)/t13-/m0/s1. The fourth-order valence-electron chi connectivity index (χ4n) is 1.99. The highest BCUT2D eigenvalue weighted by Gasteiger charge is 2.32. The summed E-state index contributed by atoms with van der Waals surface area (Å²) in [4.78, 5) is 26.8. The lowest BCUT2D eigenvalue weighted by atomic mass is 10.1. The Morgan fingerprint density at radius 3 is 2.39 bits per heavy atom. The van der Waals surface area contributed by atoms with Crippen molar-refractivity contribution in [3.05, 3.63) is 24.3 Å². The number of hydrogen-bond acceptors (Lipinski definition) is 6. The predicted molar refractivity (Wildman–Crippen MR) is 87.6 cm³/mol. The van der Waals surface area contributed by atoms with Gasteiger partial charge in [0.2, 0.25) is 0 Å². The lowest BCUT2D eigenvalue weighted by molar-refractivity contribution is -0.138. The topological polar surface area (TPSA) is 85.3 Å². The van der Waals surface area contributed by atoms with Crippen LogP contribution in [0.25, 0.3) is 0 Å². The van der Waals surface area contributed by atoms with Crippen molar-refractivity contribution in [2.75, 3.05) is 18.8 Å². The van der Waals surface area contributed by atoms with Crippen LogP contribution in [0.3, 0.4) is 0 Å². The van der Waals surface area contributed by atoms with Gasteiger partial charge in [0.15, 0.2) is 6.04 Å². The van der Waals surface area contributed by atoms with Gasteiger partial charge in [0.1, 0.15) is 5.75 Å². The normalized spacial score (nSPS) is 14.7. The Morgan fingerprint density at radius 2 is 1.96 bits per heavy atom. The molecular weight excluding hydrogens is 345 g/mol. The summed E-state index contributed by atoms with van der Waals surface area (Å²) in [5, 5.41) is 1.36. The van der Waals surface area contributed by atoms with E-state index in [0.29, 0.717) is 30.9 Å².